The molecule has 1 fully saturated rings. The molecule has 1 amide bonds. The standard InChI is InChI=1S/C14H19N3O3/c15-14(17-19)10-4-3-5-11(8-10)16-13(18)9-12-6-1-2-7-20-12/h3-5,8,12,19H,1-2,6-7,9H2,(H2,15,17)(H,16,18). The van der Waals surface area contributed by atoms with Crippen molar-refractivity contribution in [1.29, 1.82) is 0 Å². The van der Waals surface area contributed by atoms with Crippen LogP contribution in [-0.4, -0.2) is 29.7 Å². The van der Waals surface area contributed by atoms with Gasteiger partial charge in [-0.25, -0.2) is 0 Å². The van der Waals surface area contributed by atoms with Crippen LogP contribution < -0.4 is 11.1 Å². The molecule has 20 heavy (non-hydrogen) atoms. The molecule has 1 atom stereocenters. The highest BCUT2D eigenvalue weighted by molar-refractivity contribution is 5.99. The minimum absolute atomic E-state index is 0.0102. The lowest BCUT2D eigenvalue weighted by molar-refractivity contribution is -0.119. The summed E-state index contributed by atoms with van der Waals surface area (Å²) in [5.74, 6) is -0.0785. The number of hydrogen-bond donors (Lipinski definition) is 3. The number of carbonyl (C=O) groups excluding carboxylic acids is 1. The van der Waals surface area contributed by atoms with E-state index in [-0.39, 0.29) is 17.8 Å². The topological polar surface area (TPSA) is 96.9 Å². The number of carbonyl (C=O) groups is 1. The van der Waals surface area contributed by atoms with Gasteiger partial charge in [0.1, 0.15) is 0 Å². The lowest BCUT2D eigenvalue weighted by atomic mass is 10.1. The number of amidine groups is 1. The fraction of sp³-hybridized carbons (Fsp3) is 0.429. The summed E-state index contributed by atoms with van der Waals surface area (Å²) < 4.78 is 5.53. The summed E-state index contributed by atoms with van der Waals surface area (Å²) in [6, 6.07) is 6.86. The van der Waals surface area contributed by atoms with E-state index in [0.29, 0.717) is 17.7 Å². The second kappa shape index (κ2) is 6.91. The molecule has 1 aliphatic rings. The van der Waals surface area contributed by atoms with E-state index >= 15 is 0 Å². The summed E-state index contributed by atoms with van der Waals surface area (Å²) in [6.45, 7) is 0.733. The van der Waals surface area contributed by atoms with E-state index in [1.54, 1.807) is 24.3 Å². The molecule has 0 radical (unpaired) electrons. The van der Waals surface area contributed by atoms with Crippen LogP contribution in [0.15, 0.2) is 29.4 Å². The Labute approximate surface area is 117 Å². The smallest absolute Gasteiger partial charge is 0.226 e. The molecule has 6 heteroatoms. The second-order valence-electron chi connectivity index (χ2n) is 4.81. The van der Waals surface area contributed by atoms with Crippen LogP contribution in [0.2, 0.25) is 0 Å². The maximum atomic E-state index is 11.9. The number of rotatable bonds is 4. The van der Waals surface area contributed by atoms with E-state index in [0.717, 1.165) is 25.9 Å². The molecule has 1 heterocycles. The lowest BCUT2D eigenvalue weighted by Crippen LogP contribution is -2.25. The molecule has 0 bridgehead atoms. The molecule has 4 N–H and O–H groups in total. The lowest BCUT2D eigenvalue weighted by Gasteiger charge is -2.21. The van der Waals surface area contributed by atoms with Gasteiger partial charge in [0.05, 0.1) is 12.5 Å². The number of ether oxygens (including phenoxy) is 1. The van der Waals surface area contributed by atoms with Gasteiger partial charge in [-0.1, -0.05) is 17.3 Å². The molecule has 108 valence electrons. The Balaban J connectivity index is 1.93. The Bertz CT molecular complexity index is 496. The average Bonchev–Trinajstić information content (AvgIpc) is 2.47. The van der Waals surface area contributed by atoms with E-state index in [4.69, 9.17) is 15.7 Å². The molecule has 0 saturated carbocycles. The predicted molar refractivity (Wildman–Crippen MR) is 75.8 cm³/mol. The van der Waals surface area contributed by atoms with Crippen molar-refractivity contribution in [2.75, 3.05) is 11.9 Å². The summed E-state index contributed by atoms with van der Waals surface area (Å²) in [7, 11) is 0. The van der Waals surface area contributed by atoms with Crippen molar-refractivity contribution >= 4 is 17.4 Å². The Morgan fingerprint density at radius 2 is 2.35 bits per heavy atom. The summed E-state index contributed by atoms with van der Waals surface area (Å²) in [5.41, 5.74) is 6.69. The number of anilines is 1. The highest BCUT2D eigenvalue weighted by Gasteiger charge is 2.17. The van der Waals surface area contributed by atoms with Gasteiger partial charge in [-0.05, 0) is 31.4 Å². The molecule has 1 saturated heterocycles. The van der Waals surface area contributed by atoms with Gasteiger partial charge in [0.15, 0.2) is 5.84 Å². The van der Waals surface area contributed by atoms with Crippen molar-refractivity contribution < 1.29 is 14.7 Å². The van der Waals surface area contributed by atoms with Crippen LogP contribution in [0.5, 0.6) is 0 Å². The molecular formula is C14H19N3O3. The van der Waals surface area contributed by atoms with Crippen LogP contribution in [-0.2, 0) is 9.53 Å². The van der Waals surface area contributed by atoms with E-state index < -0.39 is 0 Å². The minimum atomic E-state index is -0.0893. The zero-order chi connectivity index (χ0) is 14.4. The van der Waals surface area contributed by atoms with Gasteiger partial charge in [0.2, 0.25) is 5.91 Å². The van der Waals surface area contributed by atoms with Crippen LogP contribution in [0.4, 0.5) is 5.69 Å². The van der Waals surface area contributed by atoms with Crippen molar-refractivity contribution in [3.63, 3.8) is 0 Å². The quantitative estimate of drug-likeness (QED) is 0.337. The van der Waals surface area contributed by atoms with Gasteiger partial charge in [-0.15, -0.1) is 0 Å². The highest BCUT2D eigenvalue weighted by atomic mass is 16.5. The van der Waals surface area contributed by atoms with E-state index in [1.807, 2.05) is 0 Å². The Morgan fingerprint density at radius 1 is 1.50 bits per heavy atom. The van der Waals surface area contributed by atoms with Crippen LogP contribution in [0.25, 0.3) is 0 Å². The number of amides is 1. The van der Waals surface area contributed by atoms with Crippen LogP contribution in [0, 0.1) is 0 Å². The van der Waals surface area contributed by atoms with Gasteiger partial charge >= 0.3 is 0 Å². The Hall–Kier alpha value is -2.08. The molecule has 1 unspecified atom stereocenters. The molecule has 0 aromatic heterocycles. The average molecular weight is 277 g/mol. The largest absolute Gasteiger partial charge is 0.409 e. The molecule has 1 aliphatic heterocycles. The number of hydrogen-bond acceptors (Lipinski definition) is 4. The molecule has 6 nitrogen and oxygen atoms in total. The van der Waals surface area contributed by atoms with Gasteiger partial charge < -0.3 is 21.0 Å². The number of oxime groups is 1. The van der Waals surface area contributed by atoms with Crippen molar-refractivity contribution in [2.24, 2.45) is 10.9 Å². The summed E-state index contributed by atoms with van der Waals surface area (Å²) in [6.07, 6.45) is 3.47. The van der Waals surface area contributed by atoms with Crippen LogP contribution in [0.1, 0.15) is 31.2 Å². The van der Waals surface area contributed by atoms with Crippen molar-refractivity contribution in [2.45, 2.75) is 31.8 Å². The molecule has 2 rings (SSSR count). The van der Waals surface area contributed by atoms with Crippen molar-refractivity contribution in [3.05, 3.63) is 29.8 Å². The van der Waals surface area contributed by atoms with Crippen LogP contribution in [0.3, 0.4) is 0 Å². The monoisotopic (exact) mass is 277 g/mol. The Kier molecular flexibility index (Phi) is 4.95. The molecule has 1 aromatic carbocycles. The number of nitrogens with one attached hydrogen (secondary N) is 1. The second-order valence-corrected chi connectivity index (χ2v) is 4.81. The molecule has 0 spiro atoms. The number of benzene rings is 1. The first-order valence-electron chi connectivity index (χ1n) is 6.68. The summed E-state index contributed by atoms with van der Waals surface area (Å²) in [5, 5.41) is 14.4. The summed E-state index contributed by atoms with van der Waals surface area (Å²) >= 11 is 0. The number of nitrogens with zero attached hydrogens (tertiary/aromatic N) is 1. The summed E-state index contributed by atoms with van der Waals surface area (Å²) in [4.78, 5) is 11.9. The van der Waals surface area contributed by atoms with Crippen molar-refractivity contribution in [1.82, 2.24) is 0 Å². The Morgan fingerprint density at radius 3 is 3.05 bits per heavy atom. The maximum absolute atomic E-state index is 11.9. The molecule has 0 aliphatic carbocycles. The van der Waals surface area contributed by atoms with E-state index in [1.165, 1.54) is 0 Å². The van der Waals surface area contributed by atoms with E-state index in [9.17, 15) is 4.79 Å². The van der Waals surface area contributed by atoms with Gasteiger partial charge in [0, 0.05) is 17.9 Å². The highest BCUT2D eigenvalue weighted by Crippen LogP contribution is 2.17. The molecule has 1 aromatic rings. The fourth-order valence-corrected chi connectivity index (χ4v) is 2.20. The zero-order valence-corrected chi connectivity index (χ0v) is 11.2. The van der Waals surface area contributed by atoms with Gasteiger partial charge in [-0.3, -0.25) is 4.79 Å². The third-order valence-corrected chi connectivity index (χ3v) is 3.24. The van der Waals surface area contributed by atoms with Crippen molar-refractivity contribution in [3.8, 4) is 0 Å². The molecular weight excluding hydrogens is 258 g/mol. The third kappa shape index (κ3) is 3.96. The SMILES string of the molecule is N/C(=N/O)c1cccc(NC(=O)CC2CCCCO2)c1. The fourth-order valence-electron chi connectivity index (χ4n) is 2.20. The number of nitrogens with two attached hydrogens (primary N) is 1. The third-order valence-electron chi connectivity index (χ3n) is 3.24. The first kappa shape index (κ1) is 14.3. The predicted octanol–water partition coefficient (Wildman–Crippen LogP) is 1.68. The first-order valence-corrected chi connectivity index (χ1v) is 6.68. The maximum Gasteiger partial charge on any atom is 0.226 e. The van der Waals surface area contributed by atoms with E-state index in [2.05, 4.69) is 10.5 Å². The zero-order valence-electron chi connectivity index (χ0n) is 11.2. The van der Waals surface area contributed by atoms with Gasteiger partial charge in [0.25, 0.3) is 0 Å². The van der Waals surface area contributed by atoms with Gasteiger partial charge in [-0.2, -0.15) is 0 Å². The van der Waals surface area contributed by atoms with Crippen LogP contribution >= 0.6 is 0 Å². The minimum Gasteiger partial charge on any atom is -0.409 e. The first-order chi connectivity index (χ1) is 9.69. The normalized spacial score (nSPS) is 19.6.